The first-order chi connectivity index (χ1) is 10.9. The zero-order chi connectivity index (χ0) is 16.2. The number of amides is 1. The third-order valence-electron chi connectivity index (χ3n) is 8.38. The Hall–Kier alpha value is -0.830. The standard InChI is InChI=1S/C20H32N2O/c1-19-10-8-16-14(15(19)6-4-13(19)12-18(21)23)5-7-17-20(16,2)9-3-11-22-17/h3,9,13-17,22H,4-8,10-12H2,1-2H3,(H2,21,23)/t13?,14-,15-,16-,17+,19+,20+/m0/s1. The monoisotopic (exact) mass is 316 g/mol. The fourth-order valence-corrected chi connectivity index (χ4v) is 7.16. The van der Waals surface area contributed by atoms with Crippen LogP contribution >= 0.6 is 0 Å². The lowest BCUT2D eigenvalue weighted by molar-refractivity contribution is -0.121. The molecule has 3 aliphatic carbocycles. The van der Waals surface area contributed by atoms with Gasteiger partial charge >= 0.3 is 0 Å². The summed E-state index contributed by atoms with van der Waals surface area (Å²) in [7, 11) is 0. The predicted molar refractivity (Wildman–Crippen MR) is 92.6 cm³/mol. The van der Waals surface area contributed by atoms with Crippen molar-refractivity contribution in [1.29, 1.82) is 0 Å². The highest BCUT2D eigenvalue weighted by atomic mass is 16.1. The molecule has 1 heterocycles. The second-order valence-electron chi connectivity index (χ2n) is 9.17. The molecule has 3 N–H and O–H groups in total. The van der Waals surface area contributed by atoms with Gasteiger partial charge in [0.05, 0.1) is 0 Å². The average molecular weight is 316 g/mol. The fourth-order valence-electron chi connectivity index (χ4n) is 7.16. The lowest BCUT2D eigenvalue weighted by Crippen LogP contribution is -2.58. The van der Waals surface area contributed by atoms with E-state index in [4.69, 9.17) is 5.73 Å². The largest absolute Gasteiger partial charge is 0.370 e. The van der Waals surface area contributed by atoms with E-state index in [2.05, 4.69) is 31.3 Å². The lowest BCUT2D eigenvalue weighted by atomic mass is 9.48. The second-order valence-corrected chi connectivity index (χ2v) is 9.17. The van der Waals surface area contributed by atoms with Crippen LogP contribution in [0.25, 0.3) is 0 Å². The molecule has 1 amide bonds. The smallest absolute Gasteiger partial charge is 0.217 e. The van der Waals surface area contributed by atoms with Crippen molar-refractivity contribution >= 4 is 5.91 Å². The van der Waals surface area contributed by atoms with E-state index in [9.17, 15) is 4.79 Å². The Morgan fingerprint density at radius 2 is 2.00 bits per heavy atom. The van der Waals surface area contributed by atoms with Crippen molar-refractivity contribution in [2.75, 3.05) is 6.54 Å². The number of nitrogens with one attached hydrogen (secondary N) is 1. The fraction of sp³-hybridized carbons (Fsp3) is 0.850. The summed E-state index contributed by atoms with van der Waals surface area (Å²) >= 11 is 0. The molecule has 0 saturated heterocycles. The van der Waals surface area contributed by atoms with Crippen LogP contribution < -0.4 is 11.1 Å². The van der Waals surface area contributed by atoms with Crippen molar-refractivity contribution < 1.29 is 4.79 Å². The van der Waals surface area contributed by atoms with Gasteiger partial charge in [0.2, 0.25) is 5.91 Å². The minimum atomic E-state index is -0.103. The molecule has 7 atom stereocenters. The summed E-state index contributed by atoms with van der Waals surface area (Å²) in [4.78, 5) is 11.5. The maximum Gasteiger partial charge on any atom is 0.217 e. The van der Waals surface area contributed by atoms with Gasteiger partial charge in [-0.3, -0.25) is 4.79 Å². The van der Waals surface area contributed by atoms with Crippen LogP contribution in [0.2, 0.25) is 0 Å². The molecule has 1 aliphatic heterocycles. The van der Waals surface area contributed by atoms with Crippen LogP contribution in [0.15, 0.2) is 12.2 Å². The van der Waals surface area contributed by atoms with Gasteiger partial charge in [0.25, 0.3) is 0 Å². The first kappa shape index (κ1) is 15.7. The molecule has 0 radical (unpaired) electrons. The number of rotatable bonds is 2. The summed E-state index contributed by atoms with van der Waals surface area (Å²) in [5.41, 5.74) is 6.23. The van der Waals surface area contributed by atoms with Crippen LogP contribution in [-0.2, 0) is 4.79 Å². The van der Waals surface area contributed by atoms with E-state index in [-0.39, 0.29) is 5.91 Å². The maximum absolute atomic E-state index is 11.5. The van der Waals surface area contributed by atoms with Crippen LogP contribution in [0.4, 0.5) is 0 Å². The predicted octanol–water partition coefficient (Wildman–Crippen LogP) is 3.25. The normalized spacial score (nSPS) is 51.7. The zero-order valence-electron chi connectivity index (χ0n) is 14.7. The topological polar surface area (TPSA) is 55.1 Å². The molecular formula is C20H32N2O. The summed E-state index contributed by atoms with van der Waals surface area (Å²) in [5, 5.41) is 3.75. The molecule has 3 heteroatoms. The molecule has 4 aliphatic rings. The molecule has 128 valence electrons. The van der Waals surface area contributed by atoms with Gasteiger partial charge in [-0.1, -0.05) is 26.0 Å². The van der Waals surface area contributed by atoms with Crippen LogP contribution in [0.1, 0.15) is 58.8 Å². The van der Waals surface area contributed by atoms with Crippen molar-refractivity contribution in [3.63, 3.8) is 0 Å². The highest BCUT2D eigenvalue weighted by Gasteiger charge is 2.59. The minimum Gasteiger partial charge on any atom is -0.370 e. The first-order valence-corrected chi connectivity index (χ1v) is 9.64. The van der Waals surface area contributed by atoms with Gasteiger partial charge in [-0.2, -0.15) is 0 Å². The molecule has 1 unspecified atom stereocenters. The van der Waals surface area contributed by atoms with E-state index < -0.39 is 0 Å². The van der Waals surface area contributed by atoms with Crippen LogP contribution in [0, 0.1) is 34.5 Å². The average Bonchev–Trinajstić information content (AvgIpc) is 2.83. The van der Waals surface area contributed by atoms with Gasteiger partial charge in [-0.15, -0.1) is 0 Å². The second kappa shape index (κ2) is 5.34. The molecule has 3 fully saturated rings. The Labute approximate surface area is 140 Å². The van der Waals surface area contributed by atoms with Crippen LogP contribution in [0.5, 0.6) is 0 Å². The zero-order valence-corrected chi connectivity index (χ0v) is 14.7. The Morgan fingerprint density at radius 3 is 2.78 bits per heavy atom. The Kier molecular flexibility index (Phi) is 3.64. The quantitative estimate of drug-likeness (QED) is 0.768. The number of carbonyl (C=O) groups excluding carboxylic acids is 1. The Morgan fingerprint density at radius 1 is 1.17 bits per heavy atom. The number of nitrogens with two attached hydrogens (primary N) is 1. The third kappa shape index (κ3) is 2.22. The molecule has 0 aromatic carbocycles. The third-order valence-corrected chi connectivity index (χ3v) is 8.38. The molecule has 0 aromatic rings. The summed E-state index contributed by atoms with van der Waals surface area (Å²) in [6.07, 6.45) is 13.3. The van der Waals surface area contributed by atoms with Crippen molar-refractivity contribution in [3.8, 4) is 0 Å². The summed E-state index contributed by atoms with van der Waals surface area (Å²) in [6, 6.07) is 0.668. The SMILES string of the molecule is C[C@]12C=CCN[C@@H]1CC[C@@H]1[C@@H]2CC[C@]2(C)C(CC(N)=O)CC[C@@H]12. The van der Waals surface area contributed by atoms with Crippen molar-refractivity contribution in [3.05, 3.63) is 12.2 Å². The van der Waals surface area contributed by atoms with Gasteiger partial charge in [0, 0.05) is 24.4 Å². The van der Waals surface area contributed by atoms with Crippen molar-refractivity contribution in [2.24, 2.45) is 40.2 Å². The number of carbonyl (C=O) groups is 1. The molecule has 3 nitrogen and oxygen atoms in total. The minimum absolute atomic E-state index is 0.103. The van der Waals surface area contributed by atoms with Gasteiger partial charge in [-0.25, -0.2) is 0 Å². The summed E-state index contributed by atoms with van der Waals surface area (Å²) in [5.74, 6) is 2.89. The van der Waals surface area contributed by atoms with E-state index >= 15 is 0 Å². The van der Waals surface area contributed by atoms with Gasteiger partial charge in [0.1, 0.15) is 0 Å². The lowest BCUT2D eigenvalue weighted by Gasteiger charge is -2.59. The molecule has 3 saturated carbocycles. The summed E-state index contributed by atoms with van der Waals surface area (Å²) in [6.45, 7) is 6.01. The molecule has 23 heavy (non-hydrogen) atoms. The van der Waals surface area contributed by atoms with Gasteiger partial charge in [0.15, 0.2) is 0 Å². The highest BCUT2D eigenvalue weighted by Crippen LogP contribution is 2.65. The molecule has 0 aromatic heterocycles. The number of hydrogen-bond acceptors (Lipinski definition) is 2. The molecule has 0 bridgehead atoms. The van der Waals surface area contributed by atoms with Crippen LogP contribution in [-0.4, -0.2) is 18.5 Å². The van der Waals surface area contributed by atoms with E-state index in [0.717, 1.165) is 24.3 Å². The van der Waals surface area contributed by atoms with E-state index in [1.165, 1.54) is 38.5 Å². The molecule has 4 rings (SSSR count). The highest BCUT2D eigenvalue weighted by molar-refractivity contribution is 5.74. The van der Waals surface area contributed by atoms with E-state index in [1.54, 1.807) is 0 Å². The van der Waals surface area contributed by atoms with Crippen LogP contribution in [0.3, 0.4) is 0 Å². The number of fused-ring (bicyclic) bond motifs is 5. The first-order valence-electron chi connectivity index (χ1n) is 9.64. The van der Waals surface area contributed by atoms with Crippen molar-refractivity contribution in [1.82, 2.24) is 5.32 Å². The Bertz CT molecular complexity index is 530. The molecule has 0 spiro atoms. The maximum atomic E-state index is 11.5. The molecular weight excluding hydrogens is 284 g/mol. The van der Waals surface area contributed by atoms with Gasteiger partial charge < -0.3 is 11.1 Å². The number of primary amides is 1. The van der Waals surface area contributed by atoms with Gasteiger partial charge in [-0.05, 0) is 67.6 Å². The Balaban J connectivity index is 1.61. The summed E-state index contributed by atoms with van der Waals surface area (Å²) < 4.78 is 0. The number of hydrogen-bond donors (Lipinski definition) is 2. The van der Waals surface area contributed by atoms with Crippen molar-refractivity contribution in [2.45, 2.75) is 64.8 Å². The van der Waals surface area contributed by atoms with E-state index in [1.807, 2.05) is 0 Å². The van der Waals surface area contributed by atoms with E-state index in [0.29, 0.717) is 29.2 Å².